The summed E-state index contributed by atoms with van der Waals surface area (Å²) in [5.41, 5.74) is 1.55. The molecule has 2 aromatic rings. The lowest BCUT2D eigenvalue weighted by Gasteiger charge is -2.57. The van der Waals surface area contributed by atoms with E-state index in [1.165, 1.54) is 19.3 Å². The highest BCUT2D eigenvalue weighted by Gasteiger charge is 2.51. The second-order valence-electron chi connectivity index (χ2n) is 12.9. The molecule has 3 amide bonds. The average Bonchev–Trinajstić information content (AvgIpc) is 3.25. The van der Waals surface area contributed by atoms with Crippen molar-refractivity contribution in [1.82, 2.24) is 20.0 Å². The number of nitrogens with one attached hydrogen (secondary N) is 2. The predicted molar refractivity (Wildman–Crippen MR) is 147 cm³/mol. The van der Waals surface area contributed by atoms with Gasteiger partial charge < -0.3 is 15.5 Å². The number of para-hydroxylation sites is 1. The van der Waals surface area contributed by atoms with Crippen molar-refractivity contribution in [1.29, 1.82) is 0 Å². The molecule has 6 rings (SSSR count). The van der Waals surface area contributed by atoms with Crippen molar-refractivity contribution < 1.29 is 9.59 Å². The van der Waals surface area contributed by atoms with Gasteiger partial charge in [0.25, 0.3) is 0 Å². The normalized spacial score (nSPS) is 26.2. The van der Waals surface area contributed by atoms with Crippen LogP contribution < -0.4 is 10.6 Å². The zero-order valence-corrected chi connectivity index (χ0v) is 22.9. The predicted octanol–water partition coefficient (Wildman–Crippen LogP) is 5.89. The lowest BCUT2D eigenvalue weighted by Crippen LogP contribution is -2.62. The minimum atomic E-state index is -0.200. The highest BCUT2D eigenvalue weighted by atomic mass is 16.2. The summed E-state index contributed by atoms with van der Waals surface area (Å²) in [7, 11) is 0. The number of hydrogen-bond acceptors (Lipinski definition) is 3. The van der Waals surface area contributed by atoms with Gasteiger partial charge in [-0.2, -0.15) is 5.10 Å². The van der Waals surface area contributed by atoms with E-state index in [2.05, 4.69) is 38.3 Å². The number of aromatic nitrogens is 2. The molecule has 0 saturated heterocycles. The summed E-state index contributed by atoms with van der Waals surface area (Å²) in [6, 6.07) is 11.7. The van der Waals surface area contributed by atoms with Crippen LogP contribution in [0.3, 0.4) is 0 Å². The van der Waals surface area contributed by atoms with Crippen LogP contribution in [-0.2, 0) is 10.2 Å². The molecule has 0 atom stereocenters. The summed E-state index contributed by atoms with van der Waals surface area (Å²) < 4.78 is 1.78. The number of anilines is 1. The Kier molecular flexibility index (Phi) is 7.08. The number of unbranched alkanes of at least 4 members (excludes halogenated alkanes) is 1. The molecule has 0 spiro atoms. The first-order valence-corrected chi connectivity index (χ1v) is 14.2. The molecule has 7 heteroatoms. The molecule has 0 aliphatic heterocycles. The zero-order valence-electron chi connectivity index (χ0n) is 22.9. The Morgan fingerprint density at radius 1 is 1.05 bits per heavy atom. The third-order valence-corrected chi connectivity index (χ3v) is 8.56. The van der Waals surface area contributed by atoms with E-state index < -0.39 is 0 Å². The molecular weight excluding hydrogens is 462 g/mol. The van der Waals surface area contributed by atoms with E-state index in [-0.39, 0.29) is 29.4 Å². The Hall–Kier alpha value is -2.83. The van der Waals surface area contributed by atoms with Crippen LogP contribution in [0.4, 0.5) is 10.6 Å². The molecule has 0 unspecified atom stereocenters. The van der Waals surface area contributed by atoms with Crippen molar-refractivity contribution in [3.8, 4) is 5.69 Å². The number of carbonyl (C=O) groups is 2. The molecule has 4 aliphatic rings. The number of hydrogen-bond donors (Lipinski definition) is 2. The first-order chi connectivity index (χ1) is 17.6. The minimum absolute atomic E-state index is 0.0308. The molecule has 0 radical (unpaired) electrons. The number of amides is 3. The van der Waals surface area contributed by atoms with Gasteiger partial charge in [-0.3, -0.25) is 4.79 Å². The number of rotatable bonds is 8. The molecule has 200 valence electrons. The van der Waals surface area contributed by atoms with Crippen LogP contribution in [-0.4, -0.2) is 45.2 Å². The van der Waals surface area contributed by atoms with Gasteiger partial charge in [-0.15, -0.1) is 0 Å². The van der Waals surface area contributed by atoms with E-state index in [9.17, 15) is 9.59 Å². The third-order valence-electron chi connectivity index (χ3n) is 8.56. The maximum atomic E-state index is 13.6. The highest BCUT2D eigenvalue weighted by molar-refractivity contribution is 5.94. The Balaban J connectivity index is 1.30. The van der Waals surface area contributed by atoms with Crippen molar-refractivity contribution in [3.05, 3.63) is 42.1 Å². The highest BCUT2D eigenvalue weighted by Crippen LogP contribution is 2.55. The van der Waals surface area contributed by atoms with Gasteiger partial charge in [0.15, 0.2) is 0 Å². The molecule has 4 fully saturated rings. The lowest BCUT2D eigenvalue weighted by atomic mass is 9.53. The summed E-state index contributed by atoms with van der Waals surface area (Å²) in [5.74, 6) is 2.70. The van der Waals surface area contributed by atoms with Crippen molar-refractivity contribution in [2.75, 3.05) is 18.4 Å². The van der Waals surface area contributed by atoms with Gasteiger partial charge in [0.2, 0.25) is 5.91 Å². The van der Waals surface area contributed by atoms with Crippen molar-refractivity contribution in [2.24, 2.45) is 17.8 Å². The van der Waals surface area contributed by atoms with Crippen molar-refractivity contribution in [3.63, 3.8) is 0 Å². The quantitative estimate of drug-likeness (QED) is 0.470. The summed E-state index contributed by atoms with van der Waals surface area (Å²) in [4.78, 5) is 28.6. The van der Waals surface area contributed by atoms with Crippen LogP contribution in [0.1, 0.15) is 84.8 Å². The third kappa shape index (κ3) is 5.70. The number of carbonyl (C=O) groups excluding carboxylic acids is 2. The standard InChI is InChI=1S/C30H43N5O2/c1-5-6-12-34(28(37)32-30-17-21-13-22(18-30)15-23(14-21)19-30)20-27(36)31-26-16-25(29(2,3)4)33-35(26)24-10-8-7-9-11-24/h7-11,16,21-23H,5-6,12-15,17-20H2,1-4H3,(H,31,36)(H,32,37). The molecule has 1 aromatic carbocycles. The molecule has 4 aliphatic carbocycles. The van der Waals surface area contributed by atoms with Gasteiger partial charge in [0.05, 0.1) is 11.4 Å². The van der Waals surface area contributed by atoms with Gasteiger partial charge >= 0.3 is 6.03 Å². The van der Waals surface area contributed by atoms with Crippen LogP contribution in [0.5, 0.6) is 0 Å². The maximum Gasteiger partial charge on any atom is 0.318 e. The first-order valence-electron chi connectivity index (χ1n) is 14.2. The Morgan fingerprint density at radius 3 is 2.24 bits per heavy atom. The fourth-order valence-electron chi connectivity index (χ4n) is 7.13. The van der Waals surface area contributed by atoms with Crippen LogP contribution in [0.25, 0.3) is 5.69 Å². The van der Waals surface area contributed by atoms with E-state index in [4.69, 9.17) is 5.10 Å². The summed E-state index contributed by atoms with van der Waals surface area (Å²) in [6.45, 7) is 9.05. The zero-order chi connectivity index (χ0) is 26.2. The van der Waals surface area contributed by atoms with E-state index in [1.54, 1.807) is 9.58 Å². The Bertz CT molecular complexity index is 1080. The van der Waals surface area contributed by atoms with E-state index >= 15 is 0 Å². The largest absolute Gasteiger partial charge is 0.333 e. The van der Waals surface area contributed by atoms with Gasteiger partial charge in [-0.05, 0) is 74.8 Å². The molecule has 37 heavy (non-hydrogen) atoms. The molecule has 1 aromatic heterocycles. The minimum Gasteiger partial charge on any atom is -0.333 e. The maximum absolute atomic E-state index is 13.6. The van der Waals surface area contributed by atoms with Crippen molar-refractivity contribution >= 4 is 17.8 Å². The van der Waals surface area contributed by atoms with Crippen LogP contribution in [0.15, 0.2) is 36.4 Å². The molecular formula is C30H43N5O2. The van der Waals surface area contributed by atoms with Gasteiger partial charge in [-0.25, -0.2) is 9.48 Å². The lowest BCUT2D eigenvalue weighted by molar-refractivity contribution is -0.116. The second-order valence-corrected chi connectivity index (χ2v) is 12.9. The molecule has 4 bridgehead atoms. The molecule has 1 heterocycles. The number of nitrogens with zero attached hydrogens (tertiary/aromatic N) is 3. The monoisotopic (exact) mass is 505 g/mol. The van der Waals surface area contributed by atoms with Gasteiger partial charge in [0.1, 0.15) is 12.4 Å². The average molecular weight is 506 g/mol. The Labute approximate surface area is 221 Å². The van der Waals surface area contributed by atoms with E-state index in [1.807, 2.05) is 36.4 Å². The van der Waals surface area contributed by atoms with Gasteiger partial charge in [0, 0.05) is 23.6 Å². The first kappa shape index (κ1) is 25.8. The topological polar surface area (TPSA) is 79.3 Å². The number of urea groups is 1. The van der Waals surface area contributed by atoms with E-state index in [0.717, 1.165) is 61.2 Å². The SMILES string of the molecule is CCCCN(CC(=O)Nc1cc(C(C)(C)C)nn1-c1ccccc1)C(=O)NC12CC3CC(CC(C3)C1)C2. The van der Waals surface area contributed by atoms with E-state index in [0.29, 0.717) is 12.4 Å². The summed E-state index contributed by atoms with van der Waals surface area (Å²) in [5, 5.41) is 11.3. The van der Waals surface area contributed by atoms with Crippen molar-refractivity contribution in [2.45, 2.75) is 90.0 Å². The van der Waals surface area contributed by atoms with Gasteiger partial charge in [-0.1, -0.05) is 52.3 Å². The Morgan fingerprint density at radius 2 is 1.68 bits per heavy atom. The molecule has 4 saturated carbocycles. The second kappa shape index (κ2) is 10.1. The summed E-state index contributed by atoms with van der Waals surface area (Å²) >= 11 is 0. The fourth-order valence-corrected chi connectivity index (χ4v) is 7.13. The van der Waals surface area contributed by atoms with Crippen LogP contribution >= 0.6 is 0 Å². The van der Waals surface area contributed by atoms with Crippen LogP contribution in [0.2, 0.25) is 0 Å². The molecule has 7 nitrogen and oxygen atoms in total. The summed E-state index contributed by atoms with van der Waals surface area (Å²) in [6.07, 6.45) is 9.16. The fraction of sp³-hybridized carbons (Fsp3) is 0.633. The smallest absolute Gasteiger partial charge is 0.318 e. The molecule has 2 N–H and O–H groups in total. The number of benzene rings is 1. The van der Waals surface area contributed by atoms with Crippen LogP contribution in [0, 0.1) is 17.8 Å².